The first kappa shape index (κ1) is 16.4. The molecule has 0 saturated heterocycles. The number of carbonyl (C=O) groups excluding carboxylic acids is 3. The van der Waals surface area contributed by atoms with Crippen molar-refractivity contribution >= 4 is 17.7 Å². The van der Waals surface area contributed by atoms with Gasteiger partial charge < -0.3 is 15.2 Å². The minimum Gasteiger partial charge on any atom is -0.463 e. The van der Waals surface area contributed by atoms with E-state index in [0.717, 1.165) is 12.2 Å². The molecule has 102 valence electrons. The zero-order valence-corrected chi connectivity index (χ0v) is 10.6. The number of esters is 2. The number of nitrogens with two attached hydrogens (primary N) is 1. The van der Waals surface area contributed by atoms with Crippen LogP contribution in [0, 0.1) is 11.3 Å². The zero-order valence-electron chi connectivity index (χ0n) is 10.6. The van der Waals surface area contributed by atoms with Gasteiger partial charge in [-0.15, -0.1) is 0 Å². The summed E-state index contributed by atoms with van der Waals surface area (Å²) in [5.41, 5.74) is 5.09. The van der Waals surface area contributed by atoms with E-state index in [9.17, 15) is 14.4 Å². The lowest BCUT2D eigenvalue weighted by Gasteiger charge is -2.01. The quantitative estimate of drug-likeness (QED) is 0.407. The summed E-state index contributed by atoms with van der Waals surface area (Å²) in [4.78, 5) is 33.4. The second-order valence-electron chi connectivity index (χ2n) is 3.29. The molecule has 0 bridgehead atoms. The van der Waals surface area contributed by atoms with Crippen molar-refractivity contribution in [1.29, 1.82) is 5.26 Å². The van der Waals surface area contributed by atoms with Gasteiger partial charge >= 0.3 is 11.9 Å². The van der Waals surface area contributed by atoms with Crippen LogP contribution in [0.4, 0.5) is 0 Å². The highest BCUT2D eigenvalue weighted by atomic mass is 16.5. The highest BCUT2D eigenvalue weighted by Gasteiger charge is 2.13. The Balaban J connectivity index is 4.33. The van der Waals surface area contributed by atoms with E-state index in [0.29, 0.717) is 0 Å². The van der Waals surface area contributed by atoms with Crippen molar-refractivity contribution in [2.24, 2.45) is 5.73 Å². The Bertz CT molecular complexity index is 467. The first-order chi connectivity index (χ1) is 8.92. The van der Waals surface area contributed by atoms with Crippen molar-refractivity contribution in [3.8, 4) is 6.07 Å². The number of ketones is 1. The average Bonchev–Trinajstić information content (AvgIpc) is 2.34. The number of nitriles is 1. The molecule has 0 unspecified atom stereocenters. The summed E-state index contributed by atoms with van der Waals surface area (Å²) in [6, 6.07) is 1.61. The Morgan fingerprint density at radius 2 is 1.74 bits per heavy atom. The largest absolute Gasteiger partial charge is 0.463 e. The Labute approximate surface area is 110 Å². The smallest absolute Gasteiger partial charge is 0.331 e. The van der Waals surface area contributed by atoms with Gasteiger partial charge in [0.1, 0.15) is 11.6 Å². The van der Waals surface area contributed by atoms with E-state index >= 15 is 0 Å². The fourth-order valence-electron chi connectivity index (χ4n) is 0.954. The Morgan fingerprint density at radius 1 is 1.21 bits per heavy atom. The number of ether oxygens (including phenoxy) is 2. The minimum absolute atomic E-state index is 0.0469. The second-order valence-corrected chi connectivity index (χ2v) is 3.29. The lowest BCUT2D eigenvalue weighted by atomic mass is 10.1. The summed E-state index contributed by atoms with van der Waals surface area (Å²) in [7, 11) is 0. The third-order valence-electron chi connectivity index (χ3n) is 1.77. The van der Waals surface area contributed by atoms with E-state index < -0.39 is 24.3 Å². The van der Waals surface area contributed by atoms with Crippen molar-refractivity contribution in [2.45, 2.75) is 13.8 Å². The van der Waals surface area contributed by atoms with E-state index in [-0.39, 0.29) is 17.9 Å². The standard InChI is InChI=1S/C12H14N2O5/c1-3-18-11(16)4-5-12(17)19-7-10(15)9(6-13)8(2)14/h4-5H,3,7,14H2,1-2H3/b5-4+,9-8-. The van der Waals surface area contributed by atoms with E-state index in [1.165, 1.54) is 6.92 Å². The molecule has 0 aliphatic rings. The molecule has 7 nitrogen and oxygen atoms in total. The minimum atomic E-state index is -0.895. The van der Waals surface area contributed by atoms with Gasteiger partial charge in [0, 0.05) is 17.8 Å². The van der Waals surface area contributed by atoms with Crippen molar-refractivity contribution < 1.29 is 23.9 Å². The third kappa shape index (κ3) is 6.63. The van der Waals surface area contributed by atoms with Crippen LogP contribution in [0.5, 0.6) is 0 Å². The summed E-state index contributed by atoms with van der Waals surface area (Å²) < 4.78 is 9.08. The van der Waals surface area contributed by atoms with Gasteiger partial charge in [0.05, 0.1) is 6.61 Å². The highest BCUT2D eigenvalue weighted by Crippen LogP contribution is 1.99. The zero-order chi connectivity index (χ0) is 14.8. The lowest BCUT2D eigenvalue weighted by Crippen LogP contribution is -2.16. The van der Waals surface area contributed by atoms with Gasteiger partial charge in [0.15, 0.2) is 6.61 Å². The van der Waals surface area contributed by atoms with Crippen LogP contribution in [0.1, 0.15) is 13.8 Å². The van der Waals surface area contributed by atoms with Crippen LogP contribution in [0.25, 0.3) is 0 Å². The maximum Gasteiger partial charge on any atom is 0.331 e. The first-order valence-electron chi connectivity index (χ1n) is 5.33. The van der Waals surface area contributed by atoms with Crippen LogP contribution < -0.4 is 5.73 Å². The number of allylic oxidation sites excluding steroid dienone is 1. The maximum atomic E-state index is 11.4. The van der Waals surface area contributed by atoms with Gasteiger partial charge in [0.25, 0.3) is 0 Å². The molecule has 0 saturated carbocycles. The van der Waals surface area contributed by atoms with Crippen LogP contribution >= 0.6 is 0 Å². The van der Waals surface area contributed by atoms with Gasteiger partial charge in [-0.05, 0) is 13.8 Å². The summed E-state index contributed by atoms with van der Waals surface area (Å²) in [6.07, 6.45) is 1.71. The van der Waals surface area contributed by atoms with Gasteiger partial charge in [0.2, 0.25) is 5.78 Å². The van der Waals surface area contributed by atoms with Crippen LogP contribution in [0.2, 0.25) is 0 Å². The molecule has 0 aromatic heterocycles. The SMILES string of the molecule is CCOC(=O)/C=C/C(=O)OCC(=O)/C(C#N)=C(/C)N. The molecule has 0 fully saturated rings. The number of hydrogen-bond donors (Lipinski definition) is 1. The molecule has 0 atom stereocenters. The Morgan fingerprint density at radius 3 is 2.16 bits per heavy atom. The summed E-state index contributed by atoms with van der Waals surface area (Å²) in [5.74, 6) is -2.30. The van der Waals surface area contributed by atoms with Gasteiger partial charge in [-0.3, -0.25) is 4.79 Å². The molecule has 0 aliphatic heterocycles. The third-order valence-corrected chi connectivity index (χ3v) is 1.77. The van der Waals surface area contributed by atoms with Crippen LogP contribution in [0.3, 0.4) is 0 Å². The average molecular weight is 266 g/mol. The van der Waals surface area contributed by atoms with Crippen LogP contribution in [0.15, 0.2) is 23.4 Å². The predicted molar refractivity (Wildman–Crippen MR) is 64.2 cm³/mol. The molecule has 0 radical (unpaired) electrons. The van der Waals surface area contributed by atoms with Crippen molar-refractivity contribution in [3.63, 3.8) is 0 Å². The molecule has 0 spiro atoms. The first-order valence-corrected chi connectivity index (χ1v) is 5.33. The number of hydrogen-bond acceptors (Lipinski definition) is 7. The molecule has 0 rings (SSSR count). The fraction of sp³-hybridized carbons (Fsp3) is 0.333. The van der Waals surface area contributed by atoms with Crippen LogP contribution in [-0.2, 0) is 23.9 Å². The molecule has 2 N–H and O–H groups in total. The predicted octanol–water partition coefficient (Wildman–Crippen LogP) is -0.0257. The van der Waals surface area contributed by atoms with Gasteiger partial charge in [-0.1, -0.05) is 0 Å². The molecular weight excluding hydrogens is 252 g/mol. The molecule has 7 heteroatoms. The summed E-state index contributed by atoms with van der Waals surface area (Å²) >= 11 is 0. The van der Waals surface area contributed by atoms with Crippen molar-refractivity contribution in [3.05, 3.63) is 23.4 Å². The van der Waals surface area contributed by atoms with E-state index in [2.05, 4.69) is 9.47 Å². The van der Waals surface area contributed by atoms with Crippen molar-refractivity contribution in [2.75, 3.05) is 13.2 Å². The molecule has 0 aromatic carbocycles. The van der Waals surface area contributed by atoms with Crippen molar-refractivity contribution in [1.82, 2.24) is 0 Å². The second kappa shape index (κ2) is 8.47. The number of Topliss-reactive ketones (excluding diaryl/α,β-unsaturated/α-hetero) is 1. The molecule has 0 aliphatic carbocycles. The topological polar surface area (TPSA) is 119 Å². The number of rotatable bonds is 6. The molecule has 0 aromatic rings. The summed E-state index contributed by atoms with van der Waals surface area (Å²) in [5, 5.41) is 8.64. The van der Waals surface area contributed by atoms with Crippen LogP contribution in [-0.4, -0.2) is 30.9 Å². The molecular formula is C12H14N2O5. The highest BCUT2D eigenvalue weighted by molar-refractivity contribution is 6.01. The van der Waals surface area contributed by atoms with E-state index in [1.54, 1.807) is 13.0 Å². The molecule has 19 heavy (non-hydrogen) atoms. The molecule has 0 heterocycles. The lowest BCUT2D eigenvalue weighted by molar-refractivity contribution is -0.142. The number of nitrogens with zero attached hydrogens (tertiary/aromatic N) is 1. The monoisotopic (exact) mass is 266 g/mol. The summed E-state index contributed by atoms with van der Waals surface area (Å²) in [6.45, 7) is 2.57. The van der Waals surface area contributed by atoms with E-state index in [4.69, 9.17) is 11.0 Å². The van der Waals surface area contributed by atoms with Gasteiger partial charge in [-0.2, -0.15) is 5.26 Å². The normalized spacial score (nSPS) is 11.4. The van der Waals surface area contributed by atoms with E-state index in [1.807, 2.05) is 0 Å². The Hall–Kier alpha value is -2.62. The fourth-order valence-corrected chi connectivity index (χ4v) is 0.954. The van der Waals surface area contributed by atoms with Gasteiger partial charge in [-0.25, -0.2) is 9.59 Å². The number of carbonyl (C=O) groups is 3. The Kier molecular flexibility index (Phi) is 7.30. The molecule has 0 amide bonds. The maximum absolute atomic E-state index is 11.4.